The molecule has 0 spiro atoms. The van der Waals surface area contributed by atoms with Crippen LogP contribution in [0, 0.1) is 0 Å². The number of hydrogen-bond acceptors (Lipinski definition) is 6. The number of rotatable bonds is 10. The van der Waals surface area contributed by atoms with Gasteiger partial charge >= 0.3 is 6.09 Å². The van der Waals surface area contributed by atoms with E-state index in [1.54, 1.807) is 14.0 Å². The second kappa shape index (κ2) is 12.0. The largest absolute Gasteiger partial charge is 0.492 e. The van der Waals surface area contributed by atoms with E-state index < -0.39 is 16.1 Å². The lowest BCUT2D eigenvalue weighted by Crippen LogP contribution is -2.43. The first-order valence-corrected chi connectivity index (χ1v) is 14.0. The molecule has 11 heteroatoms. The van der Waals surface area contributed by atoms with E-state index in [9.17, 15) is 13.2 Å². The highest BCUT2D eigenvalue weighted by molar-refractivity contribution is 7.89. The number of fused-ring (bicyclic) bond motifs is 1. The Morgan fingerprint density at radius 3 is 2.81 bits per heavy atom. The molecule has 1 aliphatic carbocycles. The highest BCUT2D eigenvalue weighted by Gasteiger charge is 2.31. The fraction of sp³-hybridized carbons (Fsp3) is 0.385. The van der Waals surface area contributed by atoms with Crippen molar-refractivity contribution in [2.24, 2.45) is 7.05 Å². The minimum Gasteiger partial charge on any atom is -0.492 e. The van der Waals surface area contributed by atoms with Gasteiger partial charge in [-0.1, -0.05) is 29.8 Å². The van der Waals surface area contributed by atoms with E-state index in [2.05, 4.69) is 15.1 Å². The van der Waals surface area contributed by atoms with E-state index in [4.69, 9.17) is 21.1 Å². The molecule has 9 nitrogen and oxygen atoms in total. The topological polar surface area (TPSA) is 112 Å². The molecule has 0 fully saturated rings. The Hall–Kier alpha value is -3.08. The number of carbonyl (C=O) groups is 1. The van der Waals surface area contributed by atoms with Gasteiger partial charge in [0.1, 0.15) is 17.3 Å². The first-order valence-electron chi connectivity index (χ1n) is 12.2. The van der Waals surface area contributed by atoms with Crippen molar-refractivity contribution in [3.8, 4) is 5.75 Å². The predicted molar refractivity (Wildman–Crippen MR) is 140 cm³/mol. The van der Waals surface area contributed by atoms with E-state index in [1.165, 1.54) is 22.6 Å². The lowest BCUT2D eigenvalue weighted by Gasteiger charge is -2.34. The lowest BCUT2D eigenvalue weighted by atomic mass is 9.76. The predicted octanol–water partition coefficient (Wildman–Crippen LogP) is 3.82. The average Bonchev–Trinajstić information content (AvgIpc) is 3.31. The highest BCUT2D eigenvalue weighted by Crippen LogP contribution is 2.37. The van der Waals surface area contributed by atoms with Gasteiger partial charge in [0.05, 0.1) is 12.8 Å². The number of alkyl carbamates (subject to hydrolysis) is 1. The number of benzene rings is 2. The van der Waals surface area contributed by atoms with Crippen LogP contribution in [-0.2, 0) is 34.6 Å². The van der Waals surface area contributed by atoms with Crippen LogP contribution in [0.5, 0.6) is 5.75 Å². The van der Waals surface area contributed by atoms with Crippen molar-refractivity contribution in [3.05, 3.63) is 76.6 Å². The van der Waals surface area contributed by atoms with Gasteiger partial charge in [-0.2, -0.15) is 5.10 Å². The van der Waals surface area contributed by atoms with E-state index in [0.717, 1.165) is 24.0 Å². The second-order valence-electron chi connectivity index (χ2n) is 8.91. The number of hydrogen-bond donors (Lipinski definition) is 2. The number of amides is 1. The zero-order valence-electron chi connectivity index (χ0n) is 20.8. The number of sulfonamides is 1. The summed E-state index contributed by atoms with van der Waals surface area (Å²) in [6.07, 6.45) is 4.58. The number of nitrogens with zero attached hydrogens (tertiary/aromatic N) is 2. The van der Waals surface area contributed by atoms with Crippen molar-refractivity contribution < 1.29 is 22.7 Å². The molecule has 2 unspecified atom stereocenters. The summed E-state index contributed by atoms with van der Waals surface area (Å²) in [4.78, 5) is 12.4. The average molecular weight is 547 g/mol. The summed E-state index contributed by atoms with van der Waals surface area (Å²) < 4.78 is 39.8. The summed E-state index contributed by atoms with van der Waals surface area (Å²) in [6.45, 7) is 2.34. The van der Waals surface area contributed by atoms with Crippen LogP contribution in [0.15, 0.2) is 59.8 Å². The Morgan fingerprint density at radius 1 is 1.24 bits per heavy atom. The molecular formula is C26H31ClN4O5S. The fourth-order valence-electron chi connectivity index (χ4n) is 4.60. The maximum absolute atomic E-state index is 12.4. The van der Waals surface area contributed by atoms with Crippen LogP contribution in [0.3, 0.4) is 0 Å². The molecule has 0 saturated carbocycles. The van der Waals surface area contributed by atoms with Gasteiger partial charge < -0.3 is 14.8 Å². The SMILES string of the molecule is CCOC(=O)NC1CCc2ccc(OCCNS(=O)(=O)c3cnn(C)c3)cc2C1Cc1cccc(Cl)c1. The minimum atomic E-state index is -3.65. The molecule has 0 saturated heterocycles. The summed E-state index contributed by atoms with van der Waals surface area (Å²) >= 11 is 6.23. The van der Waals surface area contributed by atoms with Crippen LogP contribution in [0.25, 0.3) is 0 Å². The third-order valence-corrected chi connectivity index (χ3v) is 7.96. The maximum Gasteiger partial charge on any atom is 0.407 e. The van der Waals surface area contributed by atoms with E-state index in [0.29, 0.717) is 23.8 Å². The Balaban J connectivity index is 1.48. The molecule has 1 aliphatic rings. The van der Waals surface area contributed by atoms with Gasteiger partial charge in [-0.25, -0.2) is 17.9 Å². The van der Waals surface area contributed by atoms with Crippen LogP contribution in [0.1, 0.15) is 36.0 Å². The van der Waals surface area contributed by atoms with Gasteiger partial charge in [-0.3, -0.25) is 4.68 Å². The van der Waals surface area contributed by atoms with Crippen molar-refractivity contribution >= 4 is 27.7 Å². The summed E-state index contributed by atoms with van der Waals surface area (Å²) in [5.74, 6) is 0.617. The van der Waals surface area contributed by atoms with Crippen LogP contribution < -0.4 is 14.8 Å². The van der Waals surface area contributed by atoms with Crippen molar-refractivity contribution in [1.29, 1.82) is 0 Å². The molecule has 0 radical (unpaired) electrons. The van der Waals surface area contributed by atoms with Crippen LogP contribution in [-0.4, -0.2) is 50.1 Å². The normalized spacial score (nSPS) is 17.2. The molecule has 2 atom stereocenters. The van der Waals surface area contributed by atoms with E-state index in [-0.39, 0.29) is 30.0 Å². The van der Waals surface area contributed by atoms with E-state index in [1.807, 2.05) is 42.5 Å². The zero-order chi connectivity index (χ0) is 26.4. The monoisotopic (exact) mass is 546 g/mol. The molecule has 0 bridgehead atoms. The molecule has 2 N–H and O–H groups in total. The first kappa shape index (κ1) is 27.0. The van der Waals surface area contributed by atoms with Crippen LogP contribution in [0.2, 0.25) is 5.02 Å². The first-order chi connectivity index (χ1) is 17.7. The van der Waals surface area contributed by atoms with E-state index >= 15 is 0 Å². The van der Waals surface area contributed by atoms with Gasteiger partial charge in [0.2, 0.25) is 10.0 Å². The van der Waals surface area contributed by atoms with Crippen molar-refractivity contribution in [3.63, 3.8) is 0 Å². The van der Waals surface area contributed by atoms with Crippen molar-refractivity contribution in [2.45, 2.75) is 43.0 Å². The molecule has 1 amide bonds. The molecule has 1 heterocycles. The van der Waals surface area contributed by atoms with Gasteiger partial charge in [-0.05, 0) is 67.1 Å². The van der Waals surface area contributed by atoms with Gasteiger partial charge in [0.15, 0.2) is 0 Å². The smallest absolute Gasteiger partial charge is 0.407 e. The molecule has 2 aromatic carbocycles. The molecule has 1 aromatic heterocycles. The summed E-state index contributed by atoms with van der Waals surface area (Å²) in [6, 6.07) is 13.5. The molecule has 37 heavy (non-hydrogen) atoms. The van der Waals surface area contributed by atoms with Gasteiger partial charge in [0.25, 0.3) is 0 Å². The minimum absolute atomic E-state index is 0.0146. The summed E-state index contributed by atoms with van der Waals surface area (Å²) in [5, 5.41) is 7.59. The van der Waals surface area contributed by atoms with Crippen LogP contribution >= 0.6 is 11.6 Å². The zero-order valence-corrected chi connectivity index (χ0v) is 22.4. The molecular weight excluding hydrogens is 516 g/mol. The number of carbonyl (C=O) groups excluding carboxylic acids is 1. The quantitative estimate of drug-likeness (QED) is 0.374. The maximum atomic E-state index is 12.4. The highest BCUT2D eigenvalue weighted by atomic mass is 35.5. The number of halogens is 1. The van der Waals surface area contributed by atoms with Gasteiger partial charge in [-0.15, -0.1) is 0 Å². The standard InChI is InChI=1S/C26H31ClN4O5S/c1-3-35-26(32)30-25-10-8-19-7-9-21(15-23(19)24(25)14-18-5-4-6-20(27)13-18)36-12-11-29-37(33,34)22-16-28-31(2)17-22/h4-7,9,13,15-17,24-25,29H,3,8,10-12,14H2,1-2H3,(H,30,32). The number of aromatic nitrogens is 2. The van der Waals surface area contributed by atoms with Crippen LogP contribution in [0.4, 0.5) is 4.79 Å². The third-order valence-electron chi connectivity index (χ3n) is 6.30. The lowest BCUT2D eigenvalue weighted by molar-refractivity contribution is 0.144. The molecule has 4 rings (SSSR count). The molecule has 3 aromatic rings. The summed E-state index contributed by atoms with van der Waals surface area (Å²) in [7, 11) is -2.00. The molecule has 0 aliphatic heterocycles. The van der Waals surface area contributed by atoms with Crippen molar-refractivity contribution in [1.82, 2.24) is 19.8 Å². The number of aryl methyl sites for hydroxylation is 2. The number of ether oxygens (including phenoxy) is 2. The third kappa shape index (κ3) is 7.03. The van der Waals surface area contributed by atoms with Crippen molar-refractivity contribution in [2.75, 3.05) is 19.8 Å². The second-order valence-corrected chi connectivity index (χ2v) is 11.1. The molecule has 198 valence electrons. The Bertz CT molecular complexity index is 1340. The summed E-state index contributed by atoms with van der Waals surface area (Å²) in [5.41, 5.74) is 3.34. The Kier molecular flexibility index (Phi) is 8.73. The number of nitrogens with one attached hydrogen (secondary N) is 2. The van der Waals surface area contributed by atoms with Gasteiger partial charge in [0, 0.05) is 36.8 Å². The Labute approximate surface area is 222 Å². The fourth-order valence-corrected chi connectivity index (χ4v) is 5.81. The Morgan fingerprint density at radius 2 is 2.08 bits per heavy atom.